The van der Waals surface area contributed by atoms with E-state index in [0.717, 1.165) is 11.1 Å². The van der Waals surface area contributed by atoms with Crippen LogP contribution in [0.4, 0.5) is 5.69 Å². The predicted molar refractivity (Wildman–Crippen MR) is 126 cm³/mol. The molecule has 0 fully saturated rings. The first-order valence-electron chi connectivity index (χ1n) is 10.2. The van der Waals surface area contributed by atoms with Gasteiger partial charge in [0.25, 0.3) is 5.91 Å². The van der Waals surface area contributed by atoms with Crippen molar-refractivity contribution in [1.29, 1.82) is 0 Å². The normalized spacial score (nSPS) is 10.5. The van der Waals surface area contributed by atoms with Gasteiger partial charge in [-0.3, -0.25) is 14.4 Å². The molecule has 0 aromatic heterocycles. The highest BCUT2D eigenvalue weighted by molar-refractivity contribution is 6.04. The Hall–Kier alpha value is -4.39. The summed E-state index contributed by atoms with van der Waals surface area (Å²) in [6, 6.07) is 20.9. The van der Waals surface area contributed by atoms with Gasteiger partial charge in [0.2, 0.25) is 5.91 Å². The highest BCUT2D eigenvalue weighted by atomic mass is 16.5. The summed E-state index contributed by atoms with van der Waals surface area (Å²) in [6.45, 7) is 1.59. The van der Waals surface area contributed by atoms with Crippen LogP contribution >= 0.6 is 0 Å². The van der Waals surface area contributed by atoms with Crippen LogP contribution in [0.1, 0.15) is 28.4 Å². The van der Waals surface area contributed by atoms with Crippen LogP contribution < -0.4 is 20.1 Å². The molecule has 3 rings (SSSR count). The Balaban J connectivity index is 1.58. The molecule has 33 heavy (non-hydrogen) atoms. The van der Waals surface area contributed by atoms with Crippen molar-refractivity contribution in [2.45, 2.75) is 13.5 Å². The minimum absolute atomic E-state index is 0.252. The molecule has 0 aliphatic rings. The summed E-state index contributed by atoms with van der Waals surface area (Å²) in [5, 5.41) is 5.62. The SMILES string of the molecule is COc1ccccc1/C=C/C(=O)NCc1cccc(NC(=O)c2cccc(OC(C)=O)c2)c1. The van der Waals surface area contributed by atoms with Crippen molar-refractivity contribution in [3.63, 3.8) is 0 Å². The van der Waals surface area contributed by atoms with Crippen LogP contribution in [0, 0.1) is 0 Å². The van der Waals surface area contributed by atoms with E-state index in [1.807, 2.05) is 30.3 Å². The Morgan fingerprint density at radius 3 is 2.52 bits per heavy atom. The molecule has 3 aromatic carbocycles. The molecule has 0 aliphatic carbocycles. The van der Waals surface area contributed by atoms with Crippen molar-refractivity contribution in [3.05, 3.63) is 95.6 Å². The Morgan fingerprint density at radius 1 is 0.939 bits per heavy atom. The van der Waals surface area contributed by atoms with Crippen molar-refractivity contribution in [1.82, 2.24) is 5.32 Å². The molecule has 2 amide bonds. The Kier molecular flexibility index (Phi) is 7.96. The van der Waals surface area contributed by atoms with Gasteiger partial charge in [-0.2, -0.15) is 0 Å². The number of para-hydroxylation sites is 1. The number of amides is 2. The van der Waals surface area contributed by atoms with Gasteiger partial charge in [-0.25, -0.2) is 0 Å². The molecule has 168 valence electrons. The lowest BCUT2D eigenvalue weighted by molar-refractivity contribution is -0.131. The van der Waals surface area contributed by atoms with Crippen LogP contribution in [0.2, 0.25) is 0 Å². The largest absolute Gasteiger partial charge is 0.496 e. The van der Waals surface area contributed by atoms with Crippen LogP contribution in [0.3, 0.4) is 0 Å². The van der Waals surface area contributed by atoms with Crippen LogP contribution in [-0.2, 0) is 16.1 Å². The number of hydrogen-bond acceptors (Lipinski definition) is 5. The molecule has 0 spiro atoms. The molecule has 7 nitrogen and oxygen atoms in total. The summed E-state index contributed by atoms with van der Waals surface area (Å²) in [4.78, 5) is 35.9. The van der Waals surface area contributed by atoms with Gasteiger partial charge in [0.15, 0.2) is 0 Å². The number of anilines is 1. The van der Waals surface area contributed by atoms with Crippen molar-refractivity contribution in [2.75, 3.05) is 12.4 Å². The number of methoxy groups -OCH3 is 1. The first-order valence-corrected chi connectivity index (χ1v) is 10.2. The molecular weight excluding hydrogens is 420 g/mol. The van der Waals surface area contributed by atoms with E-state index in [1.54, 1.807) is 49.6 Å². The minimum atomic E-state index is -0.458. The first kappa shape index (κ1) is 23.3. The number of carbonyl (C=O) groups excluding carboxylic acids is 3. The lowest BCUT2D eigenvalue weighted by Gasteiger charge is -2.09. The number of hydrogen-bond donors (Lipinski definition) is 2. The second-order valence-corrected chi connectivity index (χ2v) is 7.07. The van der Waals surface area contributed by atoms with Gasteiger partial charge in [0, 0.05) is 36.4 Å². The van der Waals surface area contributed by atoms with Gasteiger partial charge in [0.1, 0.15) is 11.5 Å². The van der Waals surface area contributed by atoms with E-state index in [1.165, 1.54) is 19.1 Å². The third-order valence-corrected chi connectivity index (χ3v) is 4.56. The summed E-state index contributed by atoms with van der Waals surface area (Å²) >= 11 is 0. The van der Waals surface area contributed by atoms with Gasteiger partial charge in [-0.15, -0.1) is 0 Å². The van der Waals surface area contributed by atoms with E-state index in [0.29, 0.717) is 29.3 Å². The van der Waals surface area contributed by atoms with E-state index in [4.69, 9.17) is 9.47 Å². The van der Waals surface area contributed by atoms with E-state index >= 15 is 0 Å². The first-order chi connectivity index (χ1) is 15.9. The summed E-state index contributed by atoms with van der Waals surface area (Å²) in [5.74, 6) is -0.0706. The molecular formula is C26H24N2O5. The average Bonchev–Trinajstić information content (AvgIpc) is 2.81. The zero-order chi connectivity index (χ0) is 23.6. The van der Waals surface area contributed by atoms with Crippen LogP contribution in [-0.4, -0.2) is 24.9 Å². The second-order valence-electron chi connectivity index (χ2n) is 7.07. The van der Waals surface area contributed by atoms with Gasteiger partial charge in [-0.1, -0.05) is 36.4 Å². The fourth-order valence-corrected chi connectivity index (χ4v) is 3.05. The van der Waals surface area contributed by atoms with Crippen molar-refractivity contribution in [3.8, 4) is 11.5 Å². The number of nitrogens with one attached hydrogen (secondary N) is 2. The molecule has 0 heterocycles. The molecule has 7 heteroatoms. The standard InChI is InChI=1S/C26H24N2O5/c1-18(29)33-23-11-6-9-21(16-23)26(31)28-22-10-5-7-19(15-22)17-27-25(30)14-13-20-8-3-4-12-24(20)32-2/h3-16H,17H2,1-2H3,(H,27,30)(H,28,31)/b14-13+. The average molecular weight is 444 g/mol. The number of ether oxygens (including phenoxy) is 2. The summed E-state index contributed by atoms with van der Waals surface area (Å²) < 4.78 is 10.3. The molecule has 0 aliphatic heterocycles. The van der Waals surface area contributed by atoms with E-state index in [-0.39, 0.29) is 11.8 Å². The highest BCUT2D eigenvalue weighted by Gasteiger charge is 2.09. The smallest absolute Gasteiger partial charge is 0.308 e. The molecule has 0 atom stereocenters. The van der Waals surface area contributed by atoms with Gasteiger partial charge in [0.05, 0.1) is 7.11 Å². The molecule has 0 unspecified atom stereocenters. The monoisotopic (exact) mass is 444 g/mol. The van der Waals surface area contributed by atoms with Crippen LogP contribution in [0.5, 0.6) is 11.5 Å². The van der Waals surface area contributed by atoms with Gasteiger partial charge >= 0.3 is 5.97 Å². The maximum Gasteiger partial charge on any atom is 0.308 e. The lowest BCUT2D eigenvalue weighted by atomic mass is 10.1. The Morgan fingerprint density at radius 2 is 1.73 bits per heavy atom. The topological polar surface area (TPSA) is 93.7 Å². The van der Waals surface area contributed by atoms with Crippen molar-refractivity contribution in [2.24, 2.45) is 0 Å². The van der Waals surface area contributed by atoms with Crippen molar-refractivity contribution >= 4 is 29.5 Å². The number of carbonyl (C=O) groups is 3. The fourth-order valence-electron chi connectivity index (χ4n) is 3.05. The Bertz CT molecular complexity index is 1190. The molecule has 0 radical (unpaired) electrons. The maximum atomic E-state index is 12.6. The number of rotatable bonds is 8. The van der Waals surface area contributed by atoms with Gasteiger partial charge in [-0.05, 0) is 48.0 Å². The zero-order valence-electron chi connectivity index (χ0n) is 18.3. The van der Waals surface area contributed by atoms with Gasteiger partial charge < -0.3 is 20.1 Å². The minimum Gasteiger partial charge on any atom is -0.496 e. The summed E-state index contributed by atoms with van der Waals surface area (Å²) in [6.07, 6.45) is 3.13. The fraction of sp³-hybridized carbons (Fsp3) is 0.115. The maximum absolute atomic E-state index is 12.6. The predicted octanol–water partition coefficient (Wildman–Crippen LogP) is 4.20. The second kappa shape index (κ2) is 11.3. The van der Waals surface area contributed by atoms with Crippen LogP contribution in [0.15, 0.2) is 78.9 Å². The molecule has 3 aromatic rings. The lowest BCUT2D eigenvalue weighted by Crippen LogP contribution is -2.20. The quantitative estimate of drug-likeness (QED) is 0.309. The third-order valence-electron chi connectivity index (χ3n) is 4.56. The van der Waals surface area contributed by atoms with E-state index < -0.39 is 5.97 Å². The summed E-state index contributed by atoms with van der Waals surface area (Å²) in [7, 11) is 1.58. The molecule has 0 saturated carbocycles. The number of benzene rings is 3. The number of esters is 1. The molecule has 0 saturated heterocycles. The Labute approximate surface area is 192 Å². The molecule has 0 bridgehead atoms. The third kappa shape index (κ3) is 7.07. The van der Waals surface area contributed by atoms with Crippen LogP contribution in [0.25, 0.3) is 6.08 Å². The molecule has 2 N–H and O–H groups in total. The zero-order valence-corrected chi connectivity index (χ0v) is 18.3. The van der Waals surface area contributed by atoms with Crippen molar-refractivity contribution < 1.29 is 23.9 Å². The summed E-state index contributed by atoms with van der Waals surface area (Å²) in [5.41, 5.74) is 2.56. The van der Waals surface area contributed by atoms with E-state index in [2.05, 4.69) is 10.6 Å². The highest BCUT2D eigenvalue weighted by Crippen LogP contribution is 2.19. The van der Waals surface area contributed by atoms with E-state index in [9.17, 15) is 14.4 Å².